The van der Waals surface area contributed by atoms with Gasteiger partial charge in [-0.15, -0.1) is 0 Å². The third-order valence-electron chi connectivity index (χ3n) is 7.07. The van der Waals surface area contributed by atoms with E-state index in [0.717, 1.165) is 37.1 Å². The van der Waals surface area contributed by atoms with E-state index in [1.807, 2.05) is 43.3 Å². The third-order valence-corrected chi connectivity index (χ3v) is 7.07. The zero-order valence-corrected chi connectivity index (χ0v) is 19.3. The van der Waals surface area contributed by atoms with Crippen molar-refractivity contribution in [1.29, 1.82) is 0 Å². The summed E-state index contributed by atoms with van der Waals surface area (Å²) in [7, 11) is 1.32. The van der Waals surface area contributed by atoms with E-state index in [1.165, 1.54) is 7.11 Å². The first-order valence-corrected chi connectivity index (χ1v) is 11.5. The quantitative estimate of drug-likeness (QED) is 0.490. The number of nitrogens with zero attached hydrogens (tertiary/aromatic N) is 1. The Bertz CT molecular complexity index is 1040. The molecule has 2 aromatic rings. The first-order chi connectivity index (χ1) is 15.9. The van der Waals surface area contributed by atoms with Gasteiger partial charge in [-0.25, -0.2) is 9.59 Å². The second-order valence-electron chi connectivity index (χ2n) is 9.08. The Morgan fingerprint density at radius 2 is 1.70 bits per heavy atom. The molecule has 0 bridgehead atoms. The van der Waals surface area contributed by atoms with Gasteiger partial charge >= 0.3 is 11.9 Å². The van der Waals surface area contributed by atoms with Crippen LogP contribution in [0.2, 0.25) is 0 Å². The van der Waals surface area contributed by atoms with Crippen molar-refractivity contribution < 1.29 is 28.3 Å². The van der Waals surface area contributed by atoms with Gasteiger partial charge in [0.2, 0.25) is 0 Å². The van der Waals surface area contributed by atoms with Gasteiger partial charge in [-0.1, -0.05) is 42.5 Å². The van der Waals surface area contributed by atoms with Gasteiger partial charge in [-0.2, -0.15) is 0 Å². The molecule has 1 aliphatic carbocycles. The highest BCUT2D eigenvalue weighted by Crippen LogP contribution is 2.50. The molecule has 1 heterocycles. The number of likely N-dealkylation sites (tertiary alicyclic amines) is 1. The van der Waals surface area contributed by atoms with Crippen molar-refractivity contribution in [2.75, 3.05) is 32.1 Å². The summed E-state index contributed by atoms with van der Waals surface area (Å²) in [6.45, 7) is 3.79. The first-order valence-electron chi connectivity index (χ1n) is 11.5. The zero-order valence-electron chi connectivity index (χ0n) is 19.3. The van der Waals surface area contributed by atoms with Crippen molar-refractivity contribution in [3.05, 3.63) is 65.2 Å². The zero-order chi connectivity index (χ0) is 23.5. The number of rotatable bonds is 8. The number of nitrogens with one attached hydrogen (secondary N) is 1. The highest BCUT2D eigenvalue weighted by Gasteiger charge is 2.67. The molecule has 1 N–H and O–H groups in total. The molecule has 0 spiro atoms. The van der Waals surface area contributed by atoms with Crippen LogP contribution in [0.15, 0.2) is 48.5 Å². The molecule has 0 aromatic heterocycles. The number of aryl methyl sites for hydroxylation is 1. The molecular weight excluding hydrogens is 420 g/mol. The summed E-state index contributed by atoms with van der Waals surface area (Å²) in [4.78, 5) is 38.7. The van der Waals surface area contributed by atoms with Crippen LogP contribution in [0.3, 0.4) is 0 Å². The Balaban J connectivity index is 1.52. The smallest absolute Gasteiger partial charge is 0.362 e. The van der Waals surface area contributed by atoms with Crippen molar-refractivity contribution in [1.82, 2.24) is 0 Å². The standard InChI is InChI=1S/C26H30N2O5/c1-19-9-8-12-21(24(30)32-2)23(19)27-25(31)26(13-14-26)28(15-6-7-16-28)17-22(29)33-18-20-10-4-3-5-11-20/h3-5,8-12H,6-7,13-18H2,1-2H3/p+1. The lowest BCUT2D eigenvalue weighted by Crippen LogP contribution is -2.62. The van der Waals surface area contributed by atoms with E-state index >= 15 is 0 Å². The molecule has 7 heteroatoms. The summed E-state index contributed by atoms with van der Waals surface area (Å²) >= 11 is 0. The number of methoxy groups -OCH3 is 1. The maximum atomic E-state index is 13.6. The van der Waals surface area contributed by atoms with Crippen LogP contribution in [-0.2, 0) is 25.7 Å². The molecule has 7 nitrogen and oxygen atoms in total. The molecule has 1 saturated carbocycles. The van der Waals surface area contributed by atoms with Crippen LogP contribution >= 0.6 is 0 Å². The van der Waals surface area contributed by atoms with Gasteiger partial charge in [0.1, 0.15) is 6.61 Å². The summed E-state index contributed by atoms with van der Waals surface area (Å²) in [5.74, 6) is -0.918. The van der Waals surface area contributed by atoms with Crippen molar-refractivity contribution in [3.63, 3.8) is 0 Å². The predicted octanol–water partition coefficient (Wildman–Crippen LogP) is 3.61. The predicted molar refractivity (Wildman–Crippen MR) is 123 cm³/mol. The van der Waals surface area contributed by atoms with Gasteiger partial charge in [-0.3, -0.25) is 4.79 Å². The third kappa shape index (κ3) is 4.50. The van der Waals surface area contributed by atoms with E-state index in [4.69, 9.17) is 9.47 Å². The van der Waals surface area contributed by atoms with Gasteiger partial charge in [0.05, 0.1) is 31.5 Å². The van der Waals surface area contributed by atoms with Crippen LogP contribution in [0.25, 0.3) is 0 Å². The molecule has 1 amide bonds. The van der Waals surface area contributed by atoms with Crippen molar-refractivity contribution in [3.8, 4) is 0 Å². The number of hydrogen-bond donors (Lipinski definition) is 1. The van der Waals surface area contributed by atoms with Crippen molar-refractivity contribution in [2.24, 2.45) is 0 Å². The van der Waals surface area contributed by atoms with Gasteiger partial charge in [0, 0.05) is 25.7 Å². The van der Waals surface area contributed by atoms with Gasteiger partial charge in [0.15, 0.2) is 12.1 Å². The number of amides is 1. The van der Waals surface area contributed by atoms with E-state index in [9.17, 15) is 14.4 Å². The average molecular weight is 452 g/mol. The van der Waals surface area contributed by atoms with Crippen molar-refractivity contribution >= 4 is 23.5 Å². The maximum absolute atomic E-state index is 13.6. The fraction of sp³-hybridized carbons (Fsp3) is 0.423. The summed E-state index contributed by atoms with van der Waals surface area (Å²) in [6, 6.07) is 14.9. The van der Waals surface area contributed by atoms with Crippen LogP contribution in [0.5, 0.6) is 0 Å². The van der Waals surface area contributed by atoms with Crippen LogP contribution in [0, 0.1) is 6.92 Å². The monoisotopic (exact) mass is 451 g/mol. The molecule has 33 heavy (non-hydrogen) atoms. The highest BCUT2D eigenvalue weighted by atomic mass is 16.5. The molecule has 2 fully saturated rings. The lowest BCUT2D eigenvalue weighted by atomic mass is 10.1. The van der Waals surface area contributed by atoms with Gasteiger partial charge in [0.25, 0.3) is 5.91 Å². The second kappa shape index (κ2) is 9.35. The average Bonchev–Trinajstić information content (AvgIpc) is 3.53. The molecule has 1 saturated heterocycles. The molecule has 0 radical (unpaired) electrons. The Labute approximate surface area is 194 Å². The number of ether oxygens (including phenoxy) is 2. The van der Waals surface area contributed by atoms with Crippen LogP contribution in [0.1, 0.15) is 47.2 Å². The summed E-state index contributed by atoms with van der Waals surface area (Å²) in [5, 5.41) is 3.02. The Hall–Kier alpha value is -3.19. The molecule has 0 atom stereocenters. The van der Waals surface area contributed by atoms with Crippen molar-refractivity contribution in [2.45, 2.75) is 44.8 Å². The number of benzene rings is 2. The molecular formula is C26H31N2O5+. The fourth-order valence-corrected chi connectivity index (χ4v) is 5.09. The maximum Gasteiger partial charge on any atom is 0.362 e. The lowest BCUT2D eigenvalue weighted by Gasteiger charge is -2.40. The Morgan fingerprint density at radius 3 is 2.33 bits per heavy atom. The van der Waals surface area contributed by atoms with E-state index in [1.54, 1.807) is 12.1 Å². The van der Waals surface area contributed by atoms with E-state index in [0.29, 0.717) is 28.6 Å². The van der Waals surface area contributed by atoms with Gasteiger partial charge in [-0.05, 0) is 24.1 Å². The number of carbonyl (C=O) groups is 3. The molecule has 4 rings (SSSR count). The van der Waals surface area contributed by atoms with Crippen LogP contribution in [0.4, 0.5) is 5.69 Å². The number of quaternary nitrogens is 1. The van der Waals surface area contributed by atoms with Crippen LogP contribution < -0.4 is 5.32 Å². The molecule has 0 unspecified atom stereocenters. The summed E-state index contributed by atoms with van der Waals surface area (Å²) < 4.78 is 10.9. The minimum absolute atomic E-state index is 0.139. The minimum Gasteiger partial charge on any atom is -0.465 e. The minimum atomic E-state index is -0.669. The van der Waals surface area contributed by atoms with E-state index in [2.05, 4.69) is 5.32 Å². The normalized spacial score (nSPS) is 17.8. The number of esters is 2. The lowest BCUT2D eigenvalue weighted by molar-refractivity contribution is -0.934. The SMILES string of the molecule is COC(=O)c1cccc(C)c1NC(=O)C1([N+]2(CC(=O)OCc3ccccc3)CCCC2)CC1. The first kappa shape index (κ1) is 23.0. The Kier molecular flexibility index (Phi) is 6.51. The van der Waals surface area contributed by atoms with E-state index in [-0.39, 0.29) is 25.0 Å². The summed E-state index contributed by atoms with van der Waals surface area (Å²) in [5.41, 5.74) is 1.86. The largest absolute Gasteiger partial charge is 0.465 e. The van der Waals surface area contributed by atoms with Crippen LogP contribution in [-0.4, -0.2) is 54.6 Å². The molecule has 174 valence electrons. The fourth-order valence-electron chi connectivity index (χ4n) is 5.09. The second-order valence-corrected chi connectivity index (χ2v) is 9.08. The topological polar surface area (TPSA) is 81.7 Å². The number of hydrogen-bond acceptors (Lipinski definition) is 5. The van der Waals surface area contributed by atoms with Gasteiger partial charge < -0.3 is 19.3 Å². The highest BCUT2D eigenvalue weighted by molar-refractivity contribution is 6.05. The molecule has 1 aliphatic heterocycles. The number of carbonyl (C=O) groups excluding carboxylic acids is 3. The number of para-hydroxylation sites is 1. The number of anilines is 1. The molecule has 2 aromatic carbocycles. The summed E-state index contributed by atoms with van der Waals surface area (Å²) in [6.07, 6.45) is 3.37. The molecule has 2 aliphatic rings. The van der Waals surface area contributed by atoms with E-state index < -0.39 is 11.5 Å². The Morgan fingerprint density at radius 1 is 1.00 bits per heavy atom.